The Balaban J connectivity index is 1.80. The molecule has 2 heterocycles. The Bertz CT molecular complexity index is 915. The molecule has 2 aromatic rings. The summed E-state index contributed by atoms with van der Waals surface area (Å²) in [4.78, 5) is 12.7. The van der Waals surface area contributed by atoms with Crippen molar-refractivity contribution < 1.29 is 29.6 Å². The Morgan fingerprint density at radius 1 is 1.12 bits per heavy atom. The summed E-state index contributed by atoms with van der Waals surface area (Å²) in [7, 11) is 0. The van der Waals surface area contributed by atoms with Crippen molar-refractivity contribution in [1.29, 1.82) is 0 Å². The number of phenolic OH excluding ortho intramolecular Hbond substituents is 3. The Morgan fingerprint density at radius 2 is 1.88 bits per heavy atom. The van der Waals surface area contributed by atoms with Crippen LogP contribution in [0.3, 0.4) is 0 Å². The van der Waals surface area contributed by atoms with Crippen molar-refractivity contribution in [2.75, 3.05) is 0 Å². The lowest BCUT2D eigenvalue weighted by atomic mass is 9.88. The molecule has 2 aliphatic heterocycles. The fraction of sp³-hybridized carbons (Fsp3) is 0.350. The van der Waals surface area contributed by atoms with Gasteiger partial charge in [-0.05, 0) is 38.8 Å². The first-order valence-corrected chi connectivity index (χ1v) is 8.55. The van der Waals surface area contributed by atoms with Gasteiger partial charge in [0.05, 0.1) is 6.42 Å². The molecule has 0 aromatic heterocycles. The van der Waals surface area contributed by atoms with Gasteiger partial charge in [-0.2, -0.15) is 0 Å². The van der Waals surface area contributed by atoms with Crippen LogP contribution in [0, 0.1) is 0 Å². The highest BCUT2D eigenvalue weighted by Gasteiger charge is 2.38. The highest BCUT2D eigenvalue weighted by atomic mass is 16.5. The van der Waals surface area contributed by atoms with Crippen LogP contribution in [0.25, 0.3) is 0 Å². The Hall–Kier alpha value is -2.89. The second-order valence-electron chi connectivity index (χ2n) is 7.42. The molecule has 0 spiro atoms. The van der Waals surface area contributed by atoms with Crippen molar-refractivity contribution in [3.63, 3.8) is 0 Å². The van der Waals surface area contributed by atoms with Crippen LogP contribution in [0.5, 0.6) is 28.7 Å². The largest absolute Gasteiger partial charge is 0.508 e. The molecule has 3 N–H and O–H groups in total. The predicted octanol–water partition coefficient (Wildman–Crippen LogP) is 3.61. The number of aromatic hydroxyl groups is 3. The van der Waals surface area contributed by atoms with Gasteiger partial charge in [-0.1, -0.05) is 0 Å². The quantitative estimate of drug-likeness (QED) is 0.722. The minimum Gasteiger partial charge on any atom is -0.508 e. The summed E-state index contributed by atoms with van der Waals surface area (Å²) in [5.74, 6) is 0.214. The molecule has 136 valence electrons. The maximum Gasteiger partial charge on any atom is 0.174 e. The number of benzene rings is 2. The Morgan fingerprint density at radius 3 is 2.62 bits per heavy atom. The van der Waals surface area contributed by atoms with Crippen LogP contribution < -0.4 is 9.47 Å². The van der Waals surface area contributed by atoms with Gasteiger partial charge in [-0.3, -0.25) is 4.79 Å². The minimum absolute atomic E-state index is 0.00989. The Kier molecular flexibility index (Phi) is 3.54. The number of carbonyl (C=O) groups excluding carboxylic acids is 1. The zero-order valence-electron chi connectivity index (χ0n) is 14.6. The molecule has 0 bridgehead atoms. The molecule has 0 saturated carbocycles. The highest BCUT2D eigenvalue weighted by molar-refractivity contribution is 6.03. The van der Waals surface area contributed by atoms with Gasteiger partial charge in [0, 0.05) is 23.3 Å². The number of hydrogen-bond acceptors (Lipinski definition) is 6. The maximum atomic E-state index is 12.7. The van der Waals surface area contributed by atoms with E-state index in [1.54, 1.807) is 0 Å². The number of hydrogen-bond donors (Lipinski definition) is 3. The normalized spacial score (nSPS) is 20.5. The topological polar surface area (TPSA) is 96.2 Å². The zero-order chi connectivity index (χ0) is 18.6. The van der Waals surface area contributed by atoms with Gasteiger partial charge >= 0.3 is 0 Å². The number of ether oxygens (including phenoxy) is 2. The molecular formula is C20H20O6. The fourth-order valence-corrected chi connectivity index (χ4v) is 3.60. The van der Waals surface area contributed by atoms with Crippen molar-refractivity contribution in [1.82, 2.24) is 0 Å². The minimum atomic E-state index is -0.698. The lowest BCUT2D eigenvalue weighted by molar-refractivity contribution is 0.0757. The molecule has 0 fully saturated rings. The number of ketones is 1. The average molecular weight is 356 g/mol. The van der Waals surface area contributed by atoms with Gasteiger partial charge in [-0.15, -0.1) is 0 Å². The van der Waals surface area contributed by atoms with Crippen LogP contribution in [-0.4, -0.2) is 26.7 Å². The van der Waals surface area contributed by atoms with E-state index in [1.165, 1.54) is 24.3 Å². The average Bonchev–Trinajstić information content (AvgIpc) is 2.53. The number of rotatable bonds is 1. The van der Waals surface area contributed by atoms with Gasteiger partial charge < -0.3 is 24.8 Å². The van der Waals surface area contributed by atoms with E-state index < -0.39 is 6.10 Å². The van der Waals surface area contributed by atoms with E-state index in [0.29, 0.717) is 23.5 Å². The fourth-order valence-electron chi connectivity index (χ4n) is 3.60. The van der Waals surface area contributed by atoms with E-state index >= 15 is 0 Å². The maximum absolute atomic E-state index is 12.7. The Labute approximate surface area is 150 Å². The summed E-state index contributed by atoms with van der Waals surface area (Å²) in [5.41, 5.74) is 0.979. The van der Waals surface area contributed by atoms with Gasteiger partial charge in [-0.25, -0.2) is 0 Å². The molecule has 26 heavy (non-hydrogen) atoms. The van der Waals surface area contributed by atoms with E-state index in [0.717, 1.165) is 12.0 Å². The second-order valence-corrected chi connectivity index (χ2v) is 7.42. The van der Waals surface area contributed by atoms with Crippen molar-refractivity contribution in [2.45, 2.75) is 44.8 Å². The predicted molar refractivity (Wildman–Crippen MR) is 93.2 cm³/mol. The van der Waals surface area contributed by atoms with Crippen LogP contribution in [0.4, 0.5) is 0 Å². The molecule has 0 saturated heterocycles. The van der Waals surface area contributed by atoms with E-state index in [1.807, 2.05) is 13.8 Å². The SMILES string of the molecule is CC1(C)CCc2c(cc(O)c3c2O[C@H](c2ccc(O)cc2O)CC3=O)O1. The van der Waals surface area contributed by atoms with Crippen LogP contribution in [0.15, 0.2) is 24.3 Å². The molecule has 6 heteroatoms. The second kappa shape index (κ2) is 5.56. The number of carbonyl (C=O) groups is 1. The number of phenols is 3. The summed E-state index contributed by atoms with van der Waals surface area (Å²) in [6.45, 7) is 3.94. The van der Waals surface area contributed by atoms with Crippen LogP contribution in [0.1, 0.15) is 54.3 Å². The third-order valence-corrected chi connectivity index (χ3v) is 4.96. The lowest BCUT2D eigenvalue weighted by Gasteiger charge is -2.36. The van der Waals surface area contributed by atoms with Crippen molar-refractivity contribution in [3.05, 3.63) is 41.0 Å². The summed E-state index contributed by atoms with van der Waals surface area (Å²) in [6, 6.07) is 5.65. The third kappa shape index (κ3) is 2.62. The first kappa shape index (κ1) is 16.6. The molecule has 0 unspecified atom stereocenters. The lowest BCUT2D eigenvalue weighted by Crippen LogP contribution is -2.33. The first-order chi connectivity index (χ1) is 12.2. The summed E-state index contributed by atoms with van der Waals surface area (Å²) >= 11 is 0. The van der Waals surface area contributed by atoms with E-state index in [2.05, 4.69) is 0 Å². The molecule has 0 amide bonds. The molecule has 6 nitrogen and oxygen atoms in total. The van der Waals surface area contributed by atoms with E-state index in [9.17, 15) is 20.1 Å². The van der Waals surface area contributed by atoms with Crippen molar-refractivity contribution in [2.24, 2.45) is 0 Å². The monoisotopic (exact) mass is 356 g/mol. The van der Waals surface area contributed by atoms with Crippen molar-refractivity contribution in [3.8, 4) is 28.7 Å². The van der Waals surface area contributed by atoms with Gasteiger partial charge in [0.25, 0.3) is 0 Å². The standard InChI is InChI=1S/C20H20O6/c1-20(2)6-5-12-17(26-20)9-15(24)18-14(23)8-16(25-19(12)18)11-4-3-10(21)7-13(11)22/h3-4,7,9,16,21-22,24H,5-6,8H2,1-2H3/t16-/m0/s1. The van der Waals surface area contributed by atoms with Crippen molar-refractivity contribution >= 4 is 5.78 Å². The summed E-state index contributed by atoms with van der Waals surface area (Å²) in [5, 5.41) is 29.9. The van der Waals surface area contributed by atoms with Gasteiger partial charge in [0.15, 0.2) is 5.78 Å². The van der Waals surface area contributed by atoms with Crippen LogP contribution in [0.2, 0.25) is 0 Å². The van der Waals surface area contributed by atoms with Gasteiger partial charge in [0.1, 0.15) is 46.0 Å². The summed E-state index contributed by atoms with van der Waals surface area (Å²) < 4.78 is 12.0. The molecule has 2 aliphatic rings. The van der Waals surface area contributed by atoms with E-state index in [4.69, 9.17) is 9.47 Å². The number of Topliss-reactive ketones (excluding diaryl/α,β-unsaturated/α-hetero) is 1. The van der Waals surface area contributed by atoms with E-state index in [-0.39, 0.29) is 40.6 Å². The van der Waals surface area contributed by atoms with Gasteiger partial charge in [0.2, 0.25) is 0 Å². The summed E-state index contributed by atoms with van der Waals surface area (Å²) in [6.07, 6.45) is 0.705. The van der Waals surface area contributed by atoms with Crippen LogP contribution in [-0.2, 0) is 6.42 Å². The molecule has 4 rings (SSSR count). The highest BCUT2D eigenvalue weighted by Crippen LogP contribution is 2.49. The molecule has 2 aromatic carbocycles. The molecule has 1 atom stereocenters. The first-order valence-electron chi connectivity index (χ1n) is 8.55. The molecular weight excluding hydrogens is 336 g/mol. The third-order valence-electron chi connectivity index (χ3n) is 4.96. The zero-order valence-corrected chi connectivity index (χ0v) is 14.6. The molecule has 0 radical (unpaired) electrons. The smallest absolute Gasteiger partial charge is 0.174 e. The molecule has 0 aliphatic carbocycles. The van der Waals surface area contributed by atoms with Crippen LogP contribution >= 0.6 is 0 Å². The number of fused-ring (bicyclic) bond motifs is 3.